The predicted molar refractivity (Wildman–Crippen MR) is 103 cm³/mol. The average Bonchev–Trinajstić information content (AvgIpc) is 3.09. The van der Waals surface area contributed by atoms with Crippen LogP contribution in [-0.4, -0.2) is 81.2 Å². The monoisotopic (exact) mass is 375 g/mol. The molecular weight excluding hydrogens is 346 g/mol. The molecule has 0 aliphatic carbocycles. The van der Waals surface area contributed by atoms with Crippen LogP contribution in [0.1, 0.15) is 13.3 Å². The van der Waals surface area contributed by atoms with Crippen molar-refractivity contribution in [3.8, 4) is 5.75 Å². The quantitative estimate of drug-likeness (QED) is 0.748. The number of anilines is 1. The summed E-state index contributed by atoms with van der Waals surface area (Å²) in [5.74, 6) is 0.747. The molecule has 0 aromatic heterocycles. The molecule has 2 saturated heterocycles. The normalized spacial score (nSPS) is 21.5. The fourth-order valence-corrected chi connectivity index (χ4v) is 3.97. The summed E-state index contributed by atoms with van der Waals surface area (Å²) in [7, 11) is 3.30. The molecule has 148 valence electrons. The Bertz CT molecular complexity index is 673. The van der Waals surface area contributed by atoms with Gasteiger partial charge in [-0.05, 0) is 19.1 Å². The smallest absolute Gasteiger partial charge is 0.228 e. The number of methoxy groups -OCH3 is 2. The highest BCUT2D eigenvalue weighted by Gasteiger charge is 2.39. The summed E-state index contributed by atoms with van der Waals surface area (Å²) in [6.07, 6.45) is 0.305. The van der Waals surface area contributed by atoms with E-state index < -0.39 is 0 Å². The lowest BCUT2D eigenvalue weighted by Gasteiger charge is -2.37. The fourth-order valence-electron chi connectivity index (χ4n) is 3.97. The van der Waals surface area contributed by atoms with Gasteiger partial charge in [-0.15, -0.1) is 0 Å². The molecule has 27 heavy (non-hydrogen) atoms. The largest absolute Gasteiger partial charge is 0.495 e. The zero-order valence-electron chi connectivity index (χ0n) is 16.4. The molecule has 2 atom stereocenters. The first-order valence-electron chi connectivity index (χ1n) is 9.50. The van der Waals surface area contributed by atoms with E-state index in [9.17, 15) is 9.59 Å². The predicted octanol–water partition coefficient (Wildman–Crippen LogP) is 1.23. The van der Waals surface area contributed by atoms with Gasteiger partial charge >= 0.3 is 0 Å². The lowest BCUT2D eigenvalue weighted by atomic mass is 10.1. The van der Waals surface area contributed by atoms with E-state index >= 15 is 0 Å². The van der Waals surface area contributed by atoms with E-state index in [4.69, 9.17) is 9.47 Å². The summed E-state index contributed by atoms with van der Waals surface area (Å²) in [5, 5.41) is 0. The Balaban J connectivity index is 1.57. The van der Waals surface area contributed by atoms with Gasteiger partial charge in [-0.1, -0.05) is 12.1 Å². The number of rotatable bonds is 6. The van der Waals surface area contributed by atoms with Gasteiger partial charge in [0.25, 0.3) is 0 Å². The van der Waals surface area contributed by atoms with Crippen molar-refractivity contribution >= 4 is 17.5 Å². The van der Waals surface area contributed by atoms with Crippen LogP contribution >= 0.6 is 0 Å². The van der Waals surface area contributed by atoms with Crippen molar-refractivity contribution in [3.05, 3.63) is 24.3 Å². The minimum Gasteiger partial charge on any atom is -0.495 e. The Kier molecular flexibility index (Phi) is 6.21. The Morgan fingerprint density at radius 1 is 1.19 bits per heavy atom. The van der Waals surface area contributed by atoms with Gasteiger partial charge < -0.3 is 24.2 Å². The number of nitrogens with zero attached hydrogens (tertiary/aromatic N) is 3. The van der Waals surface area contributed by atoms with Crippen molar-refractivity contribution in [2.24, 2.45) is 5.92 Å². The van der Waals surface area contributed by atoms with Gasteiger partial charge in [-0.25, -0.2) is 0 Å². The van der Waals surface area contributed by atoms with E-state index in [0.29, 0.717) is 32.7 Å². The molecule has 2 amide bonds. The SMILES string of the molecule is COC[C@H](C)N1C[C@@H](C(=O)N2CCN(c3ccccc3OC)CC2)CC1=O. The van der Waals surface area contributed by atoms with E-state index in [2.05, 4.69) is 4.90 Å². The molecule has 0 unspecified atom stereocenters. The van der Waals surface area contributed by atoms with Crippen molar-refractivity contribution < 1.29 is 19.1 Å². The van der Waals surface area contributed by atoms with Gasteiger partial charge in [0, 0.05) is 46.3 Å². The second-order valence-corrected chi connectivity index (χ2v) is 7.24. The highest BCUT2D eigenvalue weighted by molar-refractivity contribution is 5.89. The summed E-state index contributed by atoms with van der Waals surface area (Å²) in [5.41, 5.74) is 1.06. The molecule has 3 rings (SSSR count). The van der Waals surface area contributed by atoms with Crippen LogP contribution in [0.15, 0.2) is 24.3 Å². The lowest BCUT2D eigenvalue weighted by Crippen LogP contribution is -2.51. The maximum absolute atomic E-state index is 12.9. The summed E-state index contributed by atoms with van der Waals surface area (Å²) in [6.45, 7) is 5.79. The molecule has 1 aromatic carbocycles. The molecule has 7 heteroatoms. The lowest BCUT2D eigenvalue weighted by molar-refractivity contribution is -0.136. The third kappa shape index (κ3) is 4.18. The van der Waals surface area contributed by atoms with Gasteiger partial charge in [-0.2, -0.15) is 0 Å². The molecule has 0 N–H and O–H groups in total. The number of likely N-dealkylation sites (tertiary alicyclic amines) is 1. The van der Waals surface area contributed by atoms with Crippen LogP contribution in [0.5, 0.6) is 5.75 Å². The van der Waals surface area contributed by atoms with Crippen molar-refractivity contribution in [2.75, 3.05) is 58.5 Å². The van der Waals surface area contributed by atoms with E-state index in [1.54, 1.807) is 19.1 Å². The number of amides is 2. The molecule has 2 heterocycles. The number of hydrogen-bond acceptors (Lipinski definition) is 5. The molecule has 0 saturated carbocycles. The van der Waals surface area contributed by atoms with Gasteiger partial charge in [0.2, 0.25) is 11.8 Å². The second kappa shape index (κ2) is 8.61. The zero-order valence-corrected chi connectivity index (χ0v) is 16.4. The fraction of sp³-hybridized carbons (Fsp3) is 0.600. The topological polar surface area (TPSA) is 62.3 Å². The third-order valence-electron chi connectivity index (χ3n) is 5.46. The molecule has 2 aliphatic heterocycles. The Morgan fingerprint density at radius 3 is 2.56 bits per heavy atom. The molecular formula is C20H29N3O4. The van der Waals surface area contributed by atoms with Gasteiger partial charge in [0.15, 0.2) is 0 Å². The first-order chi connectivity index (χ1) is 13.0. The van der Waals surface area contributed by atoms with E-state index in [1.807, 2.05) is 36.1 Å². The number of carbonyl (C=O) groups is 2. The molecule has 7 nitrogen and oxygen atoms in total. The molecule has 0 radical (unpaired) electrons. The molecule has 0 spiro atoms. The Hall–Kier alpha value is -2.28. The van der Waals surface area contributed by atoms with Gasteiger partial charge in [0.05, 0.1) is 31.4 Å². The van der Waals surface area contributed by atoms with Crippen molar-refractivity contribution in [1.82, 2.24) is 9.80 Å². The first-order valence-corrected chi connectivity index (χ1v) is 9.50. The van der Waals surface area contributed by atoms with Crippen LogP contribution in [0.3, 0.4) is 0 Å². The molecule has 0 bridgehead atoms. The number of para-hydroxylation sites is 2. The maximum Gasteiger partial charge on any atom is 0.228 e. The summed E-state index contributed by atoms with van der Waals surface area (Å²) in [4.78, 5) is 31.1. The molecule has 2 fully saturated rings. The zero-order chi connectivity index (χ0) is 19.4. The van der Waals surface area contributed by atoms with Crippen LogP contribution in [0.25, 0.3) is 0 Å². The number of benzene rings is 1. The standard InChI is InChI=1S/C20H29N3O4/c1-15(14-26-2)23-13-16(12-19(23)24)20(25)22-10-8-21(9-11-22)17-6-4-5-7-18(17)27-3/h4-7,15-16H,8-14H2,1-3H3/t15-,16-/m0/s1. The van der Waals surface area contributed by atoms with Gasteiger partial charge in [-0.3, -0.25) is 9.59 Å². The van der Waals surface area contributed by atoms with Crippen LogP contribution in [0.2, 0.25) is 0 Å². The third-order valence-corrected chi connectivity index (χ3v) is 5.46. The summed E-state index contributed by atoms with van der Waals surface area (Å²) < 4.78 is 10.6. The van der Waals surface area contributed by atoms with Crippen molar-refractivity contribution in [1.29, 1.82) is 0 Å². The minimum atomic E-state index is -0.241. The Morgan fingerprint density at radius 2 is 1.89 bits per heavy atom. The minimum absolute atomic E-state index is 0.00249. The van der Waals surface area contributed by atoms with E-state index in [1.165, 1.54) is 0 Å². The van der Waals surface area contributed by atoms with Crippen molar-refractivity contribution in [3.63, 3.8) is 0 Å². The number of ether oxygens (including phenoxy) is 2. The van der Waals surface area contributed by atoms with Crippen LogP contribution in [-0.2, 0) is 14.3 Å². The van der Waals surface area contributed by atoms with Crippen LogP contribution < -0.4 is 9.64 Å². The average molecular weight is 375 g/mol. The first kappa shape index (κ1) is 19.5. The maximum atomic E-state index is 12.9. The summed E-state index contributed by atoms with van der Waals surface area (Å²) >= 11 is 0. The molecule has 1 aromatic rings. The second-order valence-electron chi connectivity index (χ2n) is 7.24. The number of hydrogen-bond donors (Lipinski definition) is 0. The molecule has 2 aliphatic rings. The Labute approximate surface area is 160 Å². The number of piperazine rings is 1. The van der Waals surface area contributed by atoms with Crippen LogP contribution in [0, 0.1) is 5.92 Å². The van der Waals surface area contributed by atoms with Crippen LogP contribution in [0.4, 0.5) is 5.69 Å². The van der Waals surface area contributed by atoms with E-state index in [-0.39, 0.29) is 23.8 Å². The highest BCUT2D eigenvalue weighted by Crippen LogP contribution is 2.29. The highest BCUT2D eigenvalue weighted by atomic mass is 16.5. The summed E-state index contributed by atoms with van der Waals surface area (Å²) in [6, 6.07) is 7.95. The van der Waals surface area contributed by atoms with E-state index in [0.717, 1.165) is 24.5 Å². The van der Waals surface area contributed by atoms with Crippen molar-refractivity contribution in [2.45, 2.75) is 19.4 Å². The number of carbonyl (C=O) groups excluding carboxylic acids is 2. The van der Waals surface area contributed by atoms with Gasteiger partial charge in [0.1, 0.15) is 5.75 Å².